The molecule has 2 rings (SSSR count). The molecule has 122 valence electrons. The molecule has 2 unspecified atom stereocenters. The van der Waals surface area contributed by atoms with Gasteiger partial charge in [-0.05, 0) is 77.1 Å². The monoisotopic (exact) mass is 304 g/mol. The van der Waals surface area contributed by atoms with E-state index in [4.69, 9.17) is 4.74 Å². The zero-order chi connectivity index (χ0) is 16.3. The molecule has 4 heteroatoms. The Labute approximate surface area is 133 Å². The van der Waals surface area contributed by atoms with Crippen LogP contribution in [0.2, 0.25) is 0 Å². The SMILES string of the molecule is Cc1cc(C)cc(NC2CCC(NC(=O)OC(C)(C)C)C2)c1. The van der Waals surface area contributed by atoms with Crippen molar-refractivity contribution in [3.05, 3.63) is 29.3 Å². The Bertz CT molecular complexity index is 514. The van der Waals surface area contributed by atoms with Crippen molar-refractivity contribution in [1.82, 2.24) is 5.32 Å². The predicted octanol–water partition coefficient (Wildman–Crippen LogP) is 4.16. The van der Waals surface area contributed by atoms with Gasteiger partial charge in [0.2, 0.25) is 0 Å². The lowest BCUT2D eigenvalue weighted by molar-refractivity contribution is 0.0505. The molecular weight excluding hydrogens is 276 g/mol. The number of hydrogen-bond donors (Lipinski definition) is 2. The van der Waals surface area contributed by atoms with Gasteiger partial charge in [0.25, 0.3) is 0 Å². The number of nitrogens with one attached hydrogen (secondary N) is 2. The van der Waals surface area contributed by atoms with Crippen molar-refractivity contribution in [3.63, 3.8) is 0 Å². The summed E-state index contributed by atoms with van der Waals surface area (Å²) < 4.78 is 5.31. The summed E-state index contributed by atoms with van der Waals surface area (Å²) in [5.74, 6) is 0. The van der Waals surface area contributed by atoms with E-state index in [9.17, 15) is 4.79 Å². The van der Waals surface area contributed by atoms with Crippen molar-refractivity contribution >= 4 is 11.8 Å². The number of ether oxygens (including phenoxy) is 1. The Balaban J connectivity index is 1.84. The first-order chi connectivity index (χ1) is 10.2. The summed E-state index contributed by atoms with van der Waals surface area (Å²) in [5.41, 5.74) is 3.26. The number of aryl methyl sites for hydroxylation is 2. The van der Waals surface area contributed by atoms with Crippen LogP contribution in [-0.4, -0.2) is 23.8 Å². The third-order valence-electron chi connectivity index (χ3n) is 3.75. The second kappa shape index (κ2) is 6.59. The number of carbonyl (C=O) groups is 1. The van der Waals surface area contributed by atoms with E-state index in [1.807, 2.05) is 20.8 Å². The molecule has 1 saturated carbocycles. The van der Waals surface area contributed by atoms with Gasteiger partial charge in [0.15, 0.2) is 0 Å². The number of rotatable bonds is 3. The summed E-state index contributed by atoms with van der Waals surface area (Å²) in [4.78, 5) is 11.8. The van der Waals surface area contributed by atoms with E-state index in [0.29, 0.717) is 6.04 Å². The number of hydrogen-bond acceptors (Lipinski definition) is 3. The van der Waals surface area contributed by atoms with Crippen LogP contribution in [0.5, 0.6) is 0 Å². The van der Waals surface area contributed by atoms with Gasteiger partial charge in [0, 0.05) is 17.8 Å². The first kappa shape index (κ1) is 16.7. The molecule has 0 aliphatic heterocycles. The summed E-state index contributed by atoms with van der Waals surface area (Å²) in [5, 5.41) is 6.55. The normalized spacial score (nSPS) is 21.5. The van der Waals surface area contributed by atoms with E-state index in [1.54, 1.807) is 0 Å². The minimum Gasteiger partial charge on any atom is -0.444 e. The van der Waals surface area contributed by atoms with Crippen molar-refractivity contribution in [2.24, 2.45) is 0 Å². The van der Waals surface area contributed by atoms with Gasteiger partial charge in [-0.3, -0.25) is 0 Å². The summed E-state index contributed by atoms with van der Waals surface area (Å²) >= 11 is 0. The second-order valence-corrected chi connectivity index (χ2v) is 7.37. The third-order valence-corrected chi connectivity index (χ3v) is 3.75. The van der Waals surface area contributed by atoms with E-state index in [0.717, 1.165) is 19.3 Å². The fourth-order valence-corrected chi connectivity index (χ4v) is 3.01. The third kappa shape index (κ3) is 5.24. The zero-order valence-corrected chi connectivity index (χ0v) is 14.3. The smallest absolute Gasteiger partial charge is 0.407 e. The molecule has 1 amide bonds. The molecular formula is C18H28N2O2. The maximum absolute atomic E-state index is 11.8. The number of anilines is 1. The Morgan fingerprint density at radius 3 is 2.27 bits per heavy atom. The van der Waals surface area contributed by atoms with Crippen molar-refractivity contribution in [2.45, 2.75) is 71.6 Å². The predicted molar refractivity (Wildman–Crippen MR) is 90.3 cm³/mol. The fourth-order valence-electron chi connectivity index (χ4n) is 3.01. The van der Waals surface area contributed by atoms with Gasteiger partial charge in [-0.2, -0.15) is 0 Å². The second-order valence-electron chi connectivity index (χ2n) is 7.37. The highest BCUT2D eigenvalue weighted by atomic mass is 16.6. The van der Waals surface area contributed by atoms with Crippen molar-refractivity contribution in [1.29, 1.82) is 0 Å². The minimum absolute atomic E-state index is 0.193. The first-order valence-electron chi connectivity index (χ1n) is 8.05. The summed E-state index contributed by atoms with van der Waals surface area (Å²) in [7, 11) is 0. The number of alkyl carbamates (subject to hydrolysis) is 1. The maximum Gasteiger partial charge on any atom is 0.407 e. The molecule has 1 fully saturated rings. The van der Waals surface area contributed by atoms with E-state index in [1.165, 1.54) is 16.8 Å². The fraction of sp³-hybridized carbons (Fsp3) is 0.611. The van der Waals surface area contributed by atoms with Gasteiger partial charge < -0.3 is 15.4 Å². The Morgan fingerprint density at radius 1 is 1.09 bits per heavy atom. The van der Waals surface area contributed by atoms with E-state index >= 15 is 0 Å². The van der Waals surface area contributed by atoms with Crippen LogP contribution in [0.25, 0.3) is 0 Å². The molecule has 22 heavy (non-hydrogen) atoms. The molecule has 0 radical (unpaired) electrons. The van der Waals surface area contributed by atoms with Crippen molar-refractivity contribution in [3.8, 4) is 0 Å². The largest absolute Gasteiger partial charge is 0.444 e. The van der Waals surface area contributed by atoms with Crippen molar-refractivity contribution < 1.29 is 9.53 Å². The van der Waals surface area contributed by atoms with Gasteiger partial charge in [-0.15, -0.1) is 0 Å². The lowest BCUT2D eigenvalue weighted by atomic mass is 10.1. The number of amides is 1. The molecule has 0 heterocycles. The van der Waals surface area contributed by atoms with Crippen LogP contribution in [0.3, 0.4) is 0 Å². The standard InChI is InChI=1S/C18H28N2O2/c1-12-8-13(2)10-16(9-12)19-14-6-7-15(11-14)20-17(21)22-18(3,4)5/h8-10,14-15,19H,6-7,11H2,1-5H3,(H,20,21). The minimum atomic E-state index is -0.445. The molecule has 0 aromatic heterocycles. The first-order valence-corrected chi connectivity index (χ1v) is 8.05. The highest BCUT2D eigenvalue weighted by molar-refractivity contribution is 5.68. The van der Waals surface area contributed by atoms with Crippen molar-refractivity contribution in [2.75, 3.05) is 5.32 Å². The van der Waals surface area contributed by atoms with Crippen LogP contribution >= 0.6 is 0 Å². The molecule has 2 atom stereocenters. The van der Waals surface area contributed by atoms with Gasteiger partial charge >= 0.3 is 6.09 Å². The van der Waals surface area contributed by atoms with Gasteiger partial charge in [0.1, 0.15) is 5.60 Å². The summed E-state index contributed by atoms with van der Waals surface area (Å²) in [6.45, 7) is 9.86. The van der Waals surface area contributed by atoms with Gasteiger partial charge in [0.05, 0.1) is 0 Å². The quantitative estimate of drug-likeness (QED) is 0.881. The summed E-state index contributed by atoms with van der Waals surface area (Å²) in [6.07, 6.45) is 2.67. The zero-order valence-electron chi connectivity index (χ0n) is 14.3. The Kier molecular flexibility index (Phi) is 4.99. The van der Waals surface area contributed by atoms with Crippen LogP contribution in [0.1, 0.15) is 51.2 Å². The van der Waals surface area contributed by atoms with Crippen LogP contribution in [0.15, 0.2) is 18.2 Å². The highest BCUT2D eigenvalue weighted by Crippen LogP contribution is 2.24. The average molecular weight is 304 g/mol. The Morgan fingerprint density at radius 2 is 1.68 bits per heavy atom. The molecule has 2 N–H and O–H groups in total. The molecule has 0 bridgehead atoms. The molecule has 0 spiro atoms. The molecule has 1 aromatic carbocycles. The Hall–Kier alpha value is -1.71. The van der Waals surface area contributed by atoms with Gasteiger partial charge in [-0.1, -0.05) is 6.07 Å². The average Bonchev–Trinajstić information content (AvgIpc) is 2.71. The topological polar surface area (TPSA) is 50.4 Å². The summed E-state index contributed by atoms with van der Waals surface area (Å²) in [6, 6.07) is 7.11. The molecule has 4 nitrogen and oxygen atoms in total. The van der Waals surface area contributed by atoms with Gasteiger partial charge in [-0.25, -0.2) is 4.79 Å². The van der Waals surface area contributed by atoms with E-state index < -0.39 is 5.60 Å². The van der Waals surface area contributed by atoms with Crippen LogP contribution < -0.4 is 10.6 Å². The molecule has 1 aliphatic carbocycles. The van der Waals surface area contributed by atoms with Crippen LogP contribution in [0.4, 0.5) is 10.5 Å². The van der Waals surface area contributed by atoms with Crippen LogP contribution in [-0.2, 0) is 4.74 Å². The number of benzene rings is 1. The lowest BCUT2D eigenvalue weighted by Crippen LogP contribution is -2.38. The maximum atomic E-state index is 11.8. The van der Waals surface area contributed by atoms with E-state index in [2.05, 4.69) is 42.7 Å². The van der Waals surface area contributed by atoms with E-state index in [-0.39, 0.29) is 12.1 Å². The molecule has 1 aromatic rings. The molecule has 0 saturated heterocycles. The molecule has 1 aliphatic rings. The lowest BCUT2D eigenvalue weighted by Gasteiger charge is -2.22. The van der Waals surface area contributed by atoms with Crippen LogP contribution in [0, 0.1) is 13.8 Å². The number of carbonyl (C=O) groups excluding carboxylic acids is 1. The highest BCUT2D eigenvalue weighted by Gasteiger charge is 2.27.